The third kappa shape index (κ3) is 3.63. The van der Waals surface area contributed by atoms with E-state index in [1.165, 1.54) is 17.6 Å². The van der Waals surface area contributed by atoms with Gasteiger partial charge in [-0.05, 0) is 44.0 Å². The molecule has 1 aromatic heterocycles. The molecule has 1 fully saturated rings. The number of rotatable bonds is 5. The van der Waals surface area contributed by atoms with Crippen LogP contribution in [0.15, 0.2) is 6.07 Å². The van der Waals surface area contributed by atoms with Gasteiger partial charge in [-0.1, -0.05) is 0 Å². The molecule has 1 spiro atoms. The second kappa shape index (κ2) is 7.63. The van der Waals surface area contributed by atoms with Crippen molar-refractivity contribution < 1.29 is 19.1 Å². The molecule has 6 nitrogen and oxygen atoms in total. The van der Waals surface area contributed by atoms with Crippen LogP contribution < -0.4 is 10.6 Å². The normalized spacial score (nSPS) is 18.9. The SMILES string of the molecule is COC(=O)CCCNC(=O)c1cc2c(s1)CCOC21CCNCC1. The second-order valence-corrected chi connectivity index (χ2v) is 7.36. The van der Waals surface area contributed by atoms with Crippen molar-refractivity contribution in [2.24, 2.45) is 0 Å². The number of methoxy groups -OCH3 is 1. The van der Waals surface area contributed by atoms with Gasteiger partial charge in [-0.15, -0.1) is 11.3 Å². The summed E-state index contributed by atoms with van der Waals surface area (Å²) in [6, 6.07) is 2.01. The molecule has 0 bridgehead atoms. The van der Waals surface area contributed by atoms with E-state index in [4.69, 9.17) is 4.74 Å². The van der Waals surface area contributed by atoms with E-state index in [1.807, 2.05) is 6.07 Å². The van der Waals surface area contributed by atoms with Crippen LogP contribution in [0.25, 0.3) is 0 Å². The minimum absolute atomic E-state index is 0.0663. The molecule has 132 valence electrons. The van der Waals surface area contributed by atoms with Crippen LogP contribution in [0.1, 0.15) is 45.8 Å². The van der Waals surface area contributed by atoms with Gasteiger partial charge in [0.15, 0.2) is 0 Å². The van der Waals surface area contributed by atoms with Crippen LogP contribution in [-0.4, -0.2) is 45.2 Å². The van der Waals surface area contributed by atoms with Crippen molar-refractivity contribution in [1.29, 1.82) is 0 Å². The Morgan fingerprint density at radius 3 is 2.96 bits per heavy atom. The maximum Gasteiger partial charge on any atom is 0.305 e. The van der Waals surface area contributed by atoms with Gasteiger partial charge < -0.3 is 20.1 Å². The maximum absolute atomic E-state index is 12.4. The van der Waals surface area contributed by atoms with Crippen molar-refractivity contribution in [1.82, 2.24) is 10.6 Å². The Balaban J connectivity index is 1.63. The van der Waals surface area contributed by atoms with Gasteiger partial charge in [0.2, 0.25) is 0 Å². The standard InChI is InChI=1S/C17H24N2O4S/c1-22-15(20)3-2-7-19-16(21)14-11-12-13(24-14)4-10-23-17(12)5-8-18-9-6-17/h11,18H,2-10H2,1H3,(H,19,21). The van der Waals surface area contributed by atoms with Gasteiger partial charge in [0.05, 0.1) is 24.2 Å². The fourth-order valence-electron chi connectivity index (χ4n) is 3.40. The van der Waals surface area contributed by atoms with E-state index in [9.17, 15) is 9.59 Å². The summed E-state index contributed by atoms with van der Waals surface area (Å²) in [5.74, 6) is -0.316. The molecule has 1 saturated heterocycles. The first-order valence-corrected chi connectivity index (χ1v) is 9.29. The largest absolute Gasteiger partial charge is 0.469 e. The summed E-state index contributed by atoms with van der Waals surface area (Å²) in [6.45, 7) is 3.10. The lowest BCUT2D eigenvalue weighted by atomic mass is 9.83. The highest BCUT2D eigenvalue weighted by molar-refractivity contribution is 7.14. The molecular formula is C17H24N2O4S. The predicted molar refractivity (Wildman–Crippen MR) is 91.3 cm³/mol. The van der Waals surface area contributed by atoms with Crippen molar-refractivity contribution in [2.75, 3.05) is 33.4 Å². The summed E-state index contributed by atoms with van der Waals surface area (Å²) in [7, 11) is 1.37. The molecule has 1 aromatic rings. The molecule has 24 heavy (non-hydrogen) atoms. The fourth-order valence-corrected chi connectivity index (χ4v) is 4.54. The van der Waals surface area contributed by atoms with Crippen LogP contribution in [0.5, 0.6) is 0 Å². The zero-order chi connectivity index (χ0) is 17.0. The van der Waals surface area contributed by atoms with Crippen molar-refractivity contribution >= 4 is 23.2 Å². The number of hydrogen-bond acceptors (Lipinski definition) is 6. The maximum atomic E-state index is 12.4. The highest BCUT2D eigenvalue weighted by Crippen LogP contribution is 2.43. The lowest BCUT2D eigenvalue weighted by Crippen LogP contribution is -2.44. The molecule has 1 amide bonds. The second-order valence-electron chi connectivity index (χ2n) is 6.23. The van der Waals surface area contributed by atoms with Crippen LogP contribution in [0.3, 0.4) is 0 Å². The number of amides is 1. The van der Waals surface area contributed by atoms with E-state index in [-0.39, 0.29) is 17.5 Å². The summed E-state index contributed by atoms with van der Waals surface area (Å²) < 4.78 is 10.7. The third-order valence-corrected chi connectivity index (χ3v) is 5.91. The van der Waals surface area contributed by atoms with Crippen LogP contribution in [0.2, 0.25) is 0 Å². The van der Waals surface area contributed by atoms with Gasteiger partial charge in [-0.25, -0.2) is 0 Å². The van der Waals surface area contributed by atoms with Gasteiger partial charge in [-0.2, -0.15) is 0 Å². The van der Waals surface area contributed by atoms with Crippen molar-refractivity contribution in [3.8, 4) is 0 Å². The summed E-state index contributed by atoms with van der Waals surface area (Å²) in [6.07, 6.45) is 3.70. The quantitative estimate of drug-likeness (QED) is 0.622. The lowest BCUT2D eigenvalue weighted by molar-refractivity contribution is -0.140. The molecule has 0 aromatic carbocycles. The molecule has 2 aliphatic rings. The molecule has 0 saturated carbocycles. The minimum atomic E-state index is -0.249. The van der Waals surface area contributed by atoms with Crippen molar-refractivity contribution in [3.63, 3.8) is 0 Å². The minimum Gasteiger partial charge on any atom is -0.469 e. The Morgan fingerprint density at radius 2 is 2.21 bits per heavy atom. The molecule has 0 aliphatic carbocycles. The fraction of sp³-hybridized carbons (Fsp3) is 0.647. The highest BCUT2D eigenvalue weighted by Gasteiger charge is 2.40. The average Bonchev–Trinajstić information content (AvgIpc) is 3.05. The highest BCUT2D eigenvalue weighted by atomic mass is 32.1. The number of carbonyl (C=O) groups is 2. The van der Waals surface area contributed by atoms with E-state index in [0.717, 1.165) is 43.8 Å². The first-order chi connectivity index (χ1) is 11.6. The number of nitrogens with one attached hydrogen (secondary N) is 2. The smallest absolute Gasteiger partial charge is 0.305 e. The zero-order valence-corrected chi connectivity index (χ0v) is 14.8. The number of ether oxygens (including phenoxy) is 2. The van der Waals surface area contributed by atoms with Crippen molar-refractivity contribution in [2.45, 2.75) is 37.7 Å². The average molecular weight is 352 g/mol. The molecule has 0 atom stereocenters. The van der Waals surface area contributed by atoms with Crippen LogP contribution >= 0.6 is 11.3 Å². The molecular weight excluding hydrogens is 328 g/mol. The number of fused-ring (bicyclic) bond motifs is 2. The van der Waals surface area contributed by atoms with E-state index in [0.29, 0.717) is 19.4 Å². The number of carbonyl (C=O) groups excluding carboxylic acids is 2. The molecule has 2 N–H and O–H groups in total. The summed E-state index contributed by atoms with van der Waals surface area (Å²) in [4.78, 5) is 25.5. The van der Waals surface area contributed by atoms with Gasteiger partial charge >= 0.3 is 5.97 Å². The first-order valence-electron chi connectivity index (χ1n) is 8.47. The van der Waals surface area contributed by atoms with Crippen molar-refractivity contribution in [3.05, 3.63) is 21.4 Å². The monoisotopic (exact) mass is 352 g/mol. The Bertz CT molecular complexity index is 608. The molecule has 2 aliphatic heterocycles. The van der Waals surface area contributed by atoms with Crippen LogP contribution in [-0.2, 0) is 26.3 Å². The Labute approximate surface area is 145 Å². The third-order valence-electron chi connectivity index (χ3n) is 4.71. The summed E-state index contributed by atoms with van der Waals surface area (Å²) >= 11 is 1.58. The Kier molecular flexibility index (Phi) is 5.53. The van der Waals surface area contributed by atoms with Gasteiger partial charge in [0.1, 0.15) is 0 Å². The first kappa shape index (κ1) is 17.4. The van der Waals surface area contributed by atoms with E-state index in [2.05, 4.69) is 15.4 Å². The number of esters is 1. The topological polar surface area (TPSA) is 76.7 Å². The van der Waals surface area contributed by atoms with E-state index in [1.54, 1.807) is 11.3 Å². The van der Waals surface area contributed by atoms with Gasteiger partial charge in [0.25, 0.3) is 5.91 Å². The van der Waals surface area contributed by atoms with Crippen LogP contribution in [0.4, 0.5) is 0 Å². The molecule has 3 rings (SSSR count). The van der Waals surface area contributed by atoms with Crippen LogP contribution in [0, 0.1) is 0 Å². The number of thiophene rings is 1. The molecule has 0 radical (unpaired) electrons. The van der Waals surface area contributed by atoms with Gasteiger partial charge in [-0.3, -0.25) is 9.59 Å². The zero-order valence-electron chi connectivity index (χ0n) is 14.0. The van der Waals surface area contributed by atoms with E-state index < -0.39 is 0 Å². The molecule has 7 heteroatoms. The Hall–Kier alpha value is -1.44. The predicted octanol–water partition coefficient (Wildman–Crippen LogP) is 1.58. The molecule has 0 unspecified atom stereocenters. The lowest BCUT2D eigenvalue weighted by Gasteiger charge is -2.40. The number of hydrogen-bond donors (Lipinski definition) is 2. The van der Waals surface area contributed by atoms with E-state index >= 15 is 0 Å². The number of piperidine rings is 1. The summed E-state index contributed by atoms with van der Waals surface area (Å²) in [5, 5.41) is 6.26. The molecule has 3 heterocycles. The van der Waals surface area contributed by atoms with Gasteiger partial charge in [0, 0.05) is 24.3 Å². The summed E-state index contributed by atoms with van der Waals surface area (Å²) in [5.41, 5.74) is 0.999. The Morgan fingerprint density at radius 1 is 1.42 bits per heavy atom.